The predicted molar refractivity (Wildman–Crippen MR) is 116 cm³/mol. The van der Waals surface area contributed by atoms with E-state index in [0.717, 1.165) is 40.3 Å². The highest BCUT2D eigenvalue weighted by molar-refractivity contribution is 5.92. The van der Waals surface area contributed by atoms with Gasteiger partial charge in [-0.25, -0.2) is 4.98 Å². The molecular weight excluding hydrogens is 346 g/mol. The van der Waals surface area contributed by atoms with Gasteiger partial charge in [0.05, 0.1) is 12.6 Å². The zero-order valence-electron chi connectivity index (χ0n) is 15.9. The van der Waals surface area contributed by atoms with Gasteiger partial charge in [0, 0.05) is 29.7 Å². The minimum Gasteiger partial charge on any atom is -0.496 e. The normalized spacial score (nSPS) is 10.6. The van der Waals surface area contributed by atoms with E-state index in [9.17, 15) is 0 Å². The van der Waals surface area contributed by atoms with Crippen molar-refractivity contribution in [2.75, 3.05) is 17.7 Å². The summed E-state index contributed by atoms with van der Waals surface area (Å²) in [5.74, 6) is 1.72. The maximum absolute atomic E-state index is 5.41. The minimum absolute atomic E-state index is 0.661. The highest BCUT2D eigenvalue weighted by Crippen LogP contribution is 2.25. The van der Waals surface area contributed by atoms with Crippen LogP contribution in [0.1, 0.15) is 11.1 Å². The average Bonchev–Trinajstić information content (AvgIpc) is 2.77. The molecule has 0 saturated heterocycles. The summed E-state index contributed by atoms with van der Waals surface area (Å²) < 4.78 is 5.41. The molecule has 1 aromatic heterocycles. The van der Waals surface area contributed by atoms with E-state index in [1.54, 1.807) is 7.11 Å². The third-order valence-electron chi connectivity index (χ3n) is 4.71. The maximum Gasteiger partial charge on any atom is 0.126 e. The molecule has 140 valence electrons. The van der Waals surface area contributed by atoms with E-state index in [0.29, 0.717) is 6.54 Å². The fourth-order valence-electron chi connectivity index (χ4n) is 3.24. The Morgan fingerprint density at radius 3 is 2.43 bits per heavy atom. The van der Waals surface area contributed by atoms with Gasteiger partial charge in [-0.3, -0.25) is 0 Å². The Morgan fingerprint density at radius 1 is 0.750 bits per heavy atom. The minimum atomic E-state index is 0.661. The number of nitrogens with zero attached hydrogens (tertiary/aromatic N) is 1. The predicted octanol–water partition coefficient (Wildman–Crippen LogP) is 5.47. The van der Waals surface area contributed by atoms with Crippen LogP contribution < -0.4 is 15.4 Å². The molecule has 0 bridgehead atoms. The third kappa shape index (κ3) is 4.07. The van der Waals surface area contributed by atoms with Crippen molar-refractivity contribution in [2.24, 2.45) is 0 Å². The molecule has 0 aliphatic rings. The summed E-state index contributed by atoms with van der Waals surface area (Å²) in [6, 6.07) is 28.7. The Kier molecular flexibility index (Phi) is 5.38. The molecule has 0 spiro atoms. The van der Waals surface area contributed by atoms with E-state index in [2.05, 4.69) is 53.1 Å². The number of methoxy groups -OCH3 is 1. The van der Waals surface area contributed by atoms with Gasteiger partial charge in [-0.05, 0) is 35.9 Å². The zero-order chi connectivity index (χ0) is 19.2. The van der Waals surface area contributed by atoms with Crippen molar-refractivity contribution in [2.45, 2.75) is 13.1 Å². The fraction of sp³-hybridized carbons (Fsp3) is 0.125. The summed E-state index contributed by atoms with van der Waals surface area (Å²) in [4.78, 5) is 4.77. The lowest BCUT2D eigenvalue weighted by atomic mass is 10.1. The first kappa shape index (κ1) is 17.9. The molecule has 0 saturated carbocycles. The molecule has 0 amide bonds. The molecule has 4 rings (SSSR count). The van der Waals surface area contributed by atoms with E-state index in [-0.39, 0.29) is 0 Å². The second kappa shape index (κ2) is 8.44. The van der Waals surface area contributed by atoms with Crippen LogP contribution in [0.5, 0.6) is 5.75 Å². The lowest BCUT2D eigenvalue weighted by Crippen LogP contribution is -2.04. The van der Waals surface area contributed by atoms with Gasteiger partial charge in [0.15, 0.2) is 0 Å². The van der Waals surface area contributed by atoms with Crippen LogP contribution in [0.3, 0.4) is 0 Å². The lowest BCUT2D eigenvalue weighted by molar-refractivity contribution is 0.410. The van der Waals surface area contributed by atoms with Crippen molar-refractivity contribution in [3.63, 3.8) is 0 Å². The van der Waals surface area contributed by atoms with Gasteiger partial charge in [-0.2, -0.15) is 0 Å². The molecule has 4 aromatic rings. The van der Waals surface area contributed by atoms with Crippen LogP contribution in [0, 0.1) is 0 Å². The number of nitrogens with one attached hydrogen (secondary N) is 2. The Bertz CT molecular complexity index is 1060. The van der Waals surface area contributed by atoms with Crippen LogP contribution in [0.2, 0.25) is 0 Å². The molecule has 4 nitrogen and oxygen atoms in total. The molecular formula is C24H23N3O. The standard InChI is InChI=1S/C24H23N3O/c1-28-23-13-6-5-10-19(23)17-26-24-15-14-20-21(11-7-12-22(20)27-24)25-16-18-8-3-2-4-9-18/h2-15,25H,16-17H2,1H3,(H,26,27). The third-order valence-corrected chi connectivity index (χ3v) is 4.71. The number of anilines is 2. The molecule has 0 atom stereocenters. The highest BCUT2D eigenvalue weighted by atomic mass is 16.5. The Morgan fingerprint density at radius 2 is 1.57 bits per heavy atom. The van der Waals surface area contributed by atoms with Crippen LogP contribution in [-0.2, 0) is 13.1 Å². The van der Waals surface area contributed by atoms with Crippen LogP contribution >= 0.6 is 0 Å². The van der Waals surface area contributed by atoms with Gasteiger partial charge in [-0.1, -0.05) is 54.6 Å². The first-order valence-corrected chi connectivity index (χ1v) is 9.37. The maximum atomic E-state index is 5.41. The van der Waals surface area contributed by atoms with Gasteiger partial charge in [-0.15, -0.1) is 0 Å². The topological polar surface area (TPSA) is 46.2 Å². The fourth-order valence-corrected chi connectivity index (χ4v) is 3.24. The van der Waals surface area contributed by atoms with Crippen LogP contribution in [0.4, 0.5) is 11.5 Å². The molecule has 28 heavy (non-hydrogen) atoms. The Hall–Kier alpha value is -3.53. The summed E-state index contributed by atoms with van der Waals surface area (Å²) in [7, 11) is 1.69. The van der Waals surface area contributed by atoms with E-state index in [4.69, 9.17) is 9.72 Å². The number of fused-ring (bicyclic) bond motifs is 1. The monoisotopic (exact) mass is 369 g/mol. The van der Waals surface area contributed by atoms with Crippen molar-refractivity contribution in [1.29, 1.82) is 0 Å². The molecule has 4 heteroatoms. The number of rotatable bonds is 7. The van der Waals surface area contributed by atoms with Crippen molar-refractivity contribution < 1.29 is 4.74 Å². The molecule has 0 aliphatic carbocycles. The number of aromatic nitrogens is 1. The van der Waals surface area contributed by atoms with E-state index in [1.807, 2.05) is 42.5 Å². The molecule has 0 unspecified atom stereocenters. The van der Waals surface area contributed by atoms with Gasteiger partial charge >= 0.3 is 0 Å². The SMILES string of the molecule is COc1ccccc1CNc1ccc2c(NCc3ccccc3)cccc2n1. The van der Waals surface area contributed by atoms with E-state index in [1.165, 1.54) is 5.56 Å². The van der Waals surface area contributed by atoms with Gasteiger partial charge in [0.1, 0.15) is 11.6 Å². The first-order valence-electron chi connectivity index (χ1n) is 9.37. The molecule has 2 N–H and O–H groups in total. The van der Waals surface area contributed by atoms with Gasteiger partial charge in [0.2, 0.25) is 0 Å². The first-order chi connectivity index (χ1) is 13.8. The van der Waals surface area contributed by atoms with E-state index >= 15 is 0 Å². The number of para-hydroxylation sites is 1. The quantitative estimate of drug-likeness (QED) is 0.454. The number of benzene rings is 3. The molecule has 0 fully saturated rings. The Balaban J connectivity index is 1.50. The van der Waals surface area contributed by atoms with Crippen LogP contribution in [0.25, 0.3) is 10.9 Å². The van der Waals surface area contributed by atoms with Crippen LogP contribution in [0.15, 0.2) is 84.9 Å². The summed E-state index contributed by atoms with van der Waals surface area (Å²) in [6.45, 7) is 1.45. The average molecular weight is 369 g/mol. The number of pyridine rings is 1. The molecule has 3 aromatic carbocycles. The Labute approximate surface area is 165 Å². The largest absolute Gasteiger partial charge is 0.496 e. The van der Waals surface area contributed by atoms with Gasteiger partial charge < -0.3 is 15.4 Å². The van der Waals surface area contributed by atoms with Crippen LogP contribution in [-0.4, -0.2) is 12.1 Å². The summed E-state index contributed by atoms with van der Waals surface area (Å²) in [5, 5.41) is 8.03. The summed E-state index contributed by atoms with van der Waals surface area (Å²) in [6.07, 6.45) is 0. The number of ether oxygens (including phenoxy) is 1. The van der Waals surface area contributed by atoms with Gasteiger partial charge in [0.25, 0.3) is 0 Å². The number of hydrogen-bond donors (Lipinski definition) is 2. The summed E-state index contributed by atoms with van der Waals surface area (Å²) in [5.41, 5.74) is 4.40. The van der Waals surface area contributed by atoms with E-state index < -0.39 is 0 Å². The molecule has 1 heterocycles. The second-order valence-corrected chi connectivity index (χ2v) is 6.57. The summed E-state index contributed by atoms with van der Waals surface area (Å²) >= 11 is 0. The zero-order valence-corrected chi connectivity index (χ0v) is 15.9. The van der Waals surface area contributed by atoms with Crippen molar-refractivity contribution in [1.82, 2.24) is 4.98 Å². The molecule has 0 radical (unpaired) electrons. The smallest absolute Gasteiger partial charge is 0.126 e. The van der Waals surface area contributed by atoms with Crippen molar-refractivity contribution >= 4 is 22.4 Å². The van der Waals surface area contributed by atoms with Crippen molar-refractivity contribution in [3.8, 4) is 5.75 Å². The number of hydrogen-bond acceptors (Lipinski definition) is 4. The lowest BCUT2D eigenvalue weighted by Gasteiger charge is -2.12. The van der Waals surface area contributed by atoms with Crippen molar-refractivity contribution in [3.05, 3.63) is 96.1 Å². The molecule has 0 aliphatic heterocycles. The highest BCUT2D eigenvalue weighted by Gasteiger charge is 2.05. The second-order valence-electron chi connectivity index (χ2n) is 6.57.